The standard InChI is InChI=1S/C22H27NO6/c1-22(2,3)29-21(26)23-17(20(24)25)13-16-11-8-12-18(27-4)19(16)28-14-15-9-6-5-7-10-15/h5-12,17H,13-14H2,1-4H3,(H,23,26)(H,24,25)/t17-/m0/s1. The molecule has 0 saturated heterocycles. The van der Waals surface area contributed by atoms with Crippen LogP contribution in [-0.4, -0.2) is 35.9 Å². The number of alkyl carbamates (subject to hydrolysis) is 1. The van der Waals surface area contributed by atoms with E-state index in [1.54, 1.807) is 39.0 Å². The Bertz CT molecular complexity index is 829. The molecule has 7 heteroatoms. The molecule has 0 spiro atoms. The molecule has 0 bridgehead atoms. The van der Waals surface area contributed by atoms with E-state index in [-0.39, 0.29) is 6.42 Å². The predicted molar refractivity (Wildman–Crippen MR) is 108 cm³/mol. The van der Waals surface area contributed by atoms with Crippen LogP contribution in [0.25, 0.3) is 0 Å². The summed E-state index contributed by atoms with van der Waals surface area (Å²) in [7, 11) is 1.52. The fraction of sp³-hybridized carbons (Fsp3) is 0.364. The van der Waals surface area contributed by atoms with Gasteiger partial charge in [0.25, 0.3) is 0 Å². The van der Waals surface area contributed by atoms with Crippen molar-refractivity contribution in [1.29, 1.82) is 0 Å². The highest BCUT2D eigenvalue weighted by Gasteiger charge is 2.26. The van der Waals surface area contributed by atoms with Crippen molar-refractivity contribution >= 4 is 12.1 Å². The SMILES string of the molecule is COc1cccc(C[C@H](NC(=O)OC(C)(C)C)C(=O)O)c1OCc1ccccc1. The number of nitrogens with one attached hydrogen (secondary N) is 1. The van der Waals surface area contributed by atoms with Gasteiger partial charge in [0.05, 0.1) is 7.11 Å². The first-order valence-electron chi connectivity index (χ1n) is 9.24. The lowest BCUT2D eigenvalue weighted by Gasteiger charge is -2.22. The van der Waals surface area contributed by atoms with E-state index in [0.29, 0.717) is 23.7 Å². The predicted octanol–water partition coefficient (Wildman–Crippen LogP) is 3.79. The number of carboxylic acids is 1. The number of benzene rings is 2. The van der Waals surface area contributed by atoms with Crippen molar-refractivity contribution in [2.75, 3.05) is 7.11 Å². The van der Waals surface area contributed by atoms with E-state index in [9.17, 15) is 14.7 Å². The summed E-state index contributed by atoms with van der Waals surface area (Å²) in [6.07, 6.45) is -0.782. The molecule has 0 aliphatic rings. The molecule has 0 aromatic heterocycles. The second kappa shape index (κ2) is 9.82. The molecule has 2 N–H and O–H groups in total. The molecular formula is C22H27NO6. The fourth-order valence-electron chi connectivity index (χ4n) is 2.65. The summed E-state index contributed by atoms with van der Waals surface area (Å²) >= 11 is 0. The molecule has 156 valence electrons. The molecule has 0 heterocycles. The van der Waals surface area contributed by atoms with E-state index in [1.165, 1.54) is 7.11 Å². The van der Waals surface area contributed by atoms with Crippen molar-refractivity contribution in [2.24, 2.45) is 0 Å². The monoisotopic (exact) mass is 401 g/mol. The van der Waals surface area contributed by atoms with Crippen molar-refractivity contribution in [1.82, 2.24) is 5.32 Å². The van der Waals surface area contributed by atoms with Crippen LogP contribution >= 0.6 is 0 Å². The maximum Gasteiger partial charge on any atom is 0.408 e. The molecule has 0 aliphatic heterocycles. The highest BCUT2D eigenvalue weighted by atomic mass is 16.6. The maximum atomic E-state index is 12.0. The highest BCUT2D eigenvalue weighted by Crippen LogP contribution is 2.32. The van der Waals surface area contributed by atoms with Crippen molar-refractivity contribution in [2.45, 2.75) is 45.4 Å². The zero-order chi connectivity index (χ0) is 21.4. The van der Waals surface area contributed by atoms with Crippen LogP contribution < -0.4 is 14.8 Å². The molecule has 2 aromatic rings. The lowest BCUT2D eigenvalue weighted by atomic mass is 10.0. The van der Waals surface area contributed by atoms with Gasteiger partial charge in [-0.1, -0.05) is 42.5 Å². The topological polar surface area (TPSA) is 94.1 Å². The molecule has 0 unspecified atom stereocenters. The minimum absolute atomic E-state index is 0.00982. The van der Waals surface area contributed by atoms with Gasteiger partial charge < -0.3 is 24.6 Å². The largest absolute Gasteiger partial charge is 0.493 e. The van der Waals surface area contributed by atoms with Crippen molar-refractivity contribution in [3.8, 4) is 11.5 Å². The van der Waals surface area contributed by atoms with Crippen molar-refractivity contribution < 1.29 is 28.9 Å². The quantitative estimate of drug-likeness (QED) is 0.699. The van der Waals surface area contributed by atoms with Crippen LogP contribution in [0.5, 0.6) is 11.5 Å². The molecule has 0 saturated carbocycles. The minimum atomic E-state index is -1.18. The van der Waals surface area contributed by atoms with E-state index in [1.807, 2.05) is 30.3 Å². The fourth-order valence-corrected chi connectivity index (χ4v) is 2.65. The first kappa shape index (κ1) is 22.1. The van der Waals surface area contributed by atoms with Gasteiger partial charge in [-0.3, -0.25) is 0 Å². The zero-order valence-corrected chi connectivity index (χ0v) is 17.1. The number of para-hydroxylation sites is 1. The Hall–Kier alpha value is -3.22. The smallest absolute Gasteiger partial charge is 0.408 e. The molecular weight excluding hydrogens is 374 g/mol. The number of rotatable bonds is 8. The molecule has 29 heavy (non-hydrogen) atoms. The summed E-state index contributed by atoms with van der Waals surface area (Å²) < 4.78 is 16.5. The normalized spacial score (nSPS) is 12.0. The van der Waals surface area contributed by atoms with E-state index in [0.717, 1.165) is 5.56 Å². The van der Waals surface area contributed by atoms with Crippen LogP contribution in [-0.2, 0) is 22.6 Å². The number of methoxy groups -OCH3 is 1. The molecule has 0 radical (unpaired) electrons. The third kappa shape index (κ3) is 7.03. The molecule has 7 nitrogen and oxygen atoms in total. The molecule has 0 fully saturated rings. The Morgan fingerprint density at radius 2 is 1.76 bits per heavy atom. The van der Waals surface area contributed by atoms with Crippen LogP contribution in [0.15, 0.2) is 48.5 Å². The summed E-state index contributed by atoms with van der Waals surface area (Å²) in [4.78, 5) is 23.7. The van der Waals surface area contributed by atoms with Gasteiger partial charge in [-0.25, -0.2) is 9.59 Å². The van der Waals surface area contributed by atoms with Gasteiger partial charge in [0.1, 0.15) is 18.2 Å². The lowest BCUT2D eigenvalue weighted by Crippen LogP contribution is -2.44. The average Bonchev–Trinajstić information content (AvgIpc) is 2.65. The molecule has 1 atom stereocenters. The van der Waals surface area contributed by atoms with Gasteiger partial charge in [0.15, 0.2) is 11.5 Å². The van der Waals surface area contributed by atoms with Crippen LogP contribution in [0, 0.1) is 0 Å². The number of carbonyl (C=O) groups is 2. The van der Waals surface area contributed by atoms with Crippen LogP contribution in [0.2, 0.25) is 0 Å². The Kier molecular flexibility index (Phi) is 7.47. The van der Waals surface area contributed by atoms with Gasteiger partial charge in [-0.2, -0.15) is 0 Å². The van der Waals surface area contributed by atoms with E-state index >= 15 is 0 Å². The second-order valence-corrected chi connectivity index (χ2v) is 7.46. The van der Waals surface area contributed by atoms with Gasteiger partial charge in [0, 0.05) is 12.0 Å². The third-order valence-corrected chi connectivity index (χ3v) is 3.92. The zero-order valence-electron chi connectivity index (χ0n) is 17.1. The number of aliphatic carboxylic acids is 1. The third-order valence-electron chi connectivity index (χ3n) is 3.92. The van der Waals surface area contributed by atoms with Gasteiger partial charge in [0.2, 0.25) is 0 Å². The summed E-state index contributed by atoms with van der Waals surface area (Å²) in [5, 5.41) is 12.0. The van der Waals surface area contributed by atoms with Gasteiger partial charge in [-0.15, -0.1) is 0 Å². The Morgan fingerprint density at radius 3 is 2.34 bits per heavy atom. The second-order valence-electron chi connectivity index (χ2n) is 7.46. The number of hydrogen-bond acceptors (Lipinski definition) is 5. The Morgan fingerprint density at radius 1 is 1.07 bits per heavy atom. The van der Waals surface area contributed by atoms with Crippen molar-refractivity contribution in [3.05, 3.63) is 59.7 Å². The summed E-state index contributed by atoms with van der Waals surface area (Å²) in [5.74, 6) is -0.247. The molecule has 0 aliphatic carbocycles. The minimum Gasteiger partial charge on any atom is -0.493 e. The Labute approximate surface area is 170 Å². The molecule has 2 rings (SSSR count). The highest BCUT2D eigenvalue weighted by molar-refractivity contribution is 5.80. The summed E-state index contributed by atoms with van der Waals surface area (Å²) in [6.45, 7) is 5.42. The van der Waals surface area contributed by atoms with Crippen LogP contribution in [0.1, 0.15) is 31.9 Å². The molecule has 2 aromatic carbocycles. The van der Waals surface area contributed by atoms with Crippen molar-refractivity contribution in [3.63, 3.8) is 0 Å². The number of carboxylic acid groups (broad SMARTS) is 1. The maximum absolute atomic E-state index is 12.0. The van der Waals surface area contributed by atoms with Crippen LogP contribution in [0.3, 0.4) is 0 Å². The number of amides is 1. The Balaban J connectivity index is 2.20. The van der Waals surface area contributed by atoms with Crippen LogP contribution in [0.4, 0.5) is 4.79 Å². The van der Waals surface area contributed by atoms with Gasteiger partial charge >= 0.3 is 12.1 Å². The summed E-state index contributed by atoms with van der Waals surface area (Å²) in [6, 6.07) is 13.6. The first-order chi connectivity index (χ1) is 13.7. The van der Waals surface area contributed by atoms with E-state index in [2.05, 4.69) is 5.32 Å². The average molecular weight is 401 g/mol. The van der Waals surface area contributed by atoms with E-state index < -0.39 is 23.7 Å². The van der Waals surface area contributed by atoms with E-state index in [4.69, 9.17) is 14.2 Å². The number of ether oxygens (including phenoxy) is 3. The number of carbonyl (C=O) groups excluding carboxylic acids is 1. The summed E-state index contributed by atoms with van der Waals surface area (Å²) in [5.41, 5.74) is 0.835. The molecule has 1 amide bonds. The first-order valence-corrected chi connectivity index (χ1v) is 9.24. The van der Waals surface area contributed by atoms with Gasteiger partial charge in [-0.05, 0) is 32.4 Å². The lowest BCUT2D eigenvalue weighted by molar-refractivity contribution is -0.139. The number of hydrogen-bond donors (Lipinski definition) is 2.